The van der Waals surface area contributed by atoms with E-state index in [9.17, 15) is 8.78 Å². The number of halogens is 3. The molecule has 4 nitrogen and oxygen atoms in total. The second kappa shape index (κ2) is 9.00. The van der Waals surface area contributed by atoms with Crippen molar-refractivity contribution in [2.75, 3.05) is 13.1 Å². The maximum Gasteiger partial charge on any atom is 0.257 e. The van der Waals surface area contributed by atoms with E-state index in [0.29, 0.717) is 12.5 Å². The van der Waals surface area contributed by atoms with Crippen LogP contribution in [0, 0.1) is 0 Å². The van der Waals surface area contributed by atoms with Gasteiger partial charge in [0, 0.05) is 18.5 Å². The van der Waals surface area contributed by atoms with Crippen molar-refractivity contribution in [3.05, 3.63) is 29.8 Å². The normalized spacial score (nSPS) is 21.4. The van der Waals surface area contributed by atoms with Crippen LogP contribution >= 0.6 is 24.0 Å². The van der Waals surface area contributed by atoms with Crippen LogP contribution in [0.15, 0.2) is 29.3 Å². The summed E-state index contributed by atoms with van der Waals surface area (Å²) in [6.45, 7) is 2.06. The quantitative estimate of drug-likeness (QED) is 0.397. The number of rotatable bonds is 4. The average molecular weight is 465 g/mol. The molecule has 0 radical (unpaired) electrons. The summed E-state index contributed by atoms with van der Waals surface area (Å²) in [6.07, 6.45) is 2.84. The van der Waals surface area contributed by atoms with Gasteiger partial charge in [0.25, 0.3) is 6.43 Å². The first-order valence-corrected chi connectivity index (χ1v) is 8.73. The highest BCUT2D eigenvalue weighted by Gasteiger charge is 2.43. The number of nitrogens with one attached hydrogen (secondary N) is 2. The van der Waals surface area contributed by atoms with Gasteiger partial charge in [-0.15, -0.1) is 24.0 Å². The lowest BCUT2D eigenvalue weighted by Gasteiger charge is -2.40. The fourth-order valence-electron chi connectivity index (χ4n) is 3.72. The summed E-state index contributed by atoms with van der Waals surface area (Å²) < 4.78 is 31.4. The number of aliphatic imine (C=N–C) groups is 1. The predicted octanol–water partition coefficient (Wildman–Crippen LogP) is 4.26. The zero-order valence-electron chi connectivity index (χ0n) is 14.4. The SMILES string of the molecule is CCNC(=NCC(F)F)NC1CC2(CCCC2)Oc2ccccc21.I. The lowest BCUT2D eigenvalue weighted by Crippen LogP contribution is -2.46. The topological polar surface area (TPSA) is 45.7 Å². The van der Waals surface area contributed by atoms with Crippen LogP contribution in [0.25, 0.3) is 0 Å². The van der Waals surface area contributed by atoms with Crippen LogP contribution in [0.1, 0.15) is 50.6 Å². The fourth-order valence-corrected chi connectivity index (χ4v) is 3.72. The standard InChI is InChI=1S/C18H25F2N3O.HI/c1-2-21-17(22-12-16(19)20)23-14-11-18(9-5-6-10-18)24-15-8-4-3-7-13(14)15;/h3-4,7-8,14,16H,2,5-6,9-12H2,1H3,(H2,21,22,23);1H. The molecule has 0 saturated heterocycles. The van der Waals surface area contributed by atoms with Crippen LogP contribution in [0.5, 0.6) is 5.75 Å². The highest BCUT2D eigenvalue weighted by atomic mass is 127. The van der Waals surface area contributed by atoms with E-state index in [1.165, 1.54) is 12.8 Å². The maximum absolute atomic E-state index is 12.5. The number of ether oxygens (including phenoxy) is 1. The van der Waals surface area contributed by atoms with Gasteiger partial charge >= 0.3 is 0 Å². The van der Waals surface area contributed by atoms with Gasteiger partial charge in [0.2, 0.25) is 0 Å². The zero-order chi connectivity index (χ0) is 17.0. The van der Waals surface area contributed by atoms with E-state index in [-0.39, 0.29) is 35.6 Å². The largest absolute Gasteiger partial charge is 0.487 e. The van der Waals surface area contributed by atoms with Crippen molar-refractivity contribution in [2.24, 2.45) is 4.99 Å². The molecule has 1 aliphatic heterocycles. The van der Waals surface area contributed by atoms with Crippen LogP contribution in [0.2, 0.25) is 0 Å². The monoisotopic (exact) mass is 465 g/mol. The van der Waals surface area contributed by atoms with Gasteiger partial charge in [0.05, 0.1) is 6.04 Å². The molecule has 1 aromatic carbocycles. The molecule has 1 fully saturated rings. The summed E-state index contributed by atoms with van der Waals surface area (Å²) in [5, 5.41) is 6.40. The Kier molecular flexibility index (Phi) is 7.27. The Labute approximate surface area is 164 Å². The Morgan fingerprint density at radius 1 is 1.32 bits per heavy atom. The molecular formula is C18H26F2IN3O. The van der Waals surface area contributed by atoms with E-state index in [2.05, 4.69) is 15.6 Å². The van der Waals surface area contributed by atoms with Crippen LogP contribution < -0.4 is 15.4 Å². The van der Waals surface area contributed by atoms with Crippen LogP contribution in [-0.2, 0) is 0 Å². The van der Waals surface area contributed by atoms with Gasteiger partial charge in [-0.2, -0.15) is 0 Å². The summed E-state index contributed by atoms with van der Waals surface area (Å²) >= 11 is 0. The van der Waals surface area contributed by atoms with Gasteiger partial charge < -0.3 is 15.4 Å². The van der Waals surface area contributed by atoms with Crippen molar-refractivity contribution in [2.45, 2.75) is 57.1 Å². The number of alkyl halides is 2. The molecule has 0 aromatic heterocycles. The summed E-state index contributed by atoms with van der Waals surface area (Å²) in [7, 11) is 0. The van der Waals surface area contributed by atoms with Crippen molar-refractivity contribution < 1.29 is 13.5 Å². The summed E-state index contributed by atoms with van der Waals surface area (Å²) in [4.78, 5) is 4.00. The molecule has 2 N–H and O–H groups in total. The Morgan fingerprint density at radius 3 is 2.72 bits per heavy atom. The minimum absolute atomic E-state index is 0. The third-order valence-corrected chi connectivity index (χ3v) is 4.75. The first-order chi connectivity index (χ1) is 11.6. The molecular weight excluding hydrogens is 439 g/mol. The lowest BCUT2D eigenvalue weighted by molar-refractivity contribution is 0.0395. The van der Waals surface area contributed by atoms with Crippen LogP contribution in [0.3, 0.4) is 0 Å². The van der Waals surface area contributed by atoms with Gasteiger partial charge in [-0.25, -0.2) is 13.8 Å². The van der Waals surface area contributed by atoms with Crippen molar-refractivity contribution in [3.8, 4) is 5.75 Å². The molecule has 2 aliphatic rings. The van der Waals surface area contributed by atoms with E-state index in [1.807, 2.05) is 31.2 Å². The molecule has 3 rings (SSSR count). The number of fused-ring (bicyclic) bond motifs is 1. The predicted molar refractivity (Wildman–Crippen MR) is 106 cm³/mol. The second-order valence-electron chi connectivity index (χ2n) is 6.54. The number of para-hydroxylation sites is 1. The Bertz CT molecular complexity index is 591. The number of hydrogen-bond donors (Lipinski definition) is 2. The molecule has 0 amide bonds. The van der Waals surface area contributed by atoms with Gasteiger partial charge in [-0.3, -0.25) is 0 Å². The van der Waals surface area contributed by atoms with Gasteiger partial charge in [-0.1, -0.05) is 18.2 Å². The molecule has 1 heterocycles. The zero-order valence-corrected chi connectivity index (χ0v) is 16.8. The van der Waals surface area contributed by atoms with Gasteiger partial charge in [0.1, 0.15) is 17.9 Å². The van der Waals surface area contributed by atoms with E-state index in [4.69, 9.17) is 4.74 Å². The molecule has 7 heteroatoms. The highest BCUT2D eigenvalue weighted by molar-refractivity contribution is 14.0. The maximum atomic E-state index is 12.5. The van der Waals surface area contributed by atoms with Crippen molar-refractivity contribution in [1.29, 1.82) is 0 Å². The molecule has 25 heavy (non-hydrogen) atoms. The fraction of sp³-hybridized carbons (Fsp3) is 0.611. The molecule has 1 spiro atoms. The average Bonchev–Trinajstić information content (AvgIpc) is 3.00. The molecule has 1 aromatic rings. The first kappa shape index (κ1) is 20.2. The molecule has 1 atom stereocenters. The van der Waals surface area contributed by atoms with Crippen LogP contribution in [0.4, 0.5) is 8.78 Å². The summed E-state index contributed by atoms with van der Waals surface area (Å²) in [5.74, 6) is 1.33. The number of hydrogen-bond acceptors (Lipinski definition) is 2. The van der Waals surface area contributed by atoms with Crippen molar-refractivity contribution in [1.82, 2.24) is 10.6 Å². The van der Waals surface area contributed by atoms with Gasteiger partial charge in [-0.05, 0) is 38.7 Å². The van der Waals surface area contributed by atoms with Gasteiger partial charge in [0.15, 0.2) is 5.96 Å². The molecule has 1 unspecified atom stereocenters. The minimum atomic E-state index is -2.44. The minimum Gasteiger partial charge on any atom is -0.487 e. The third-order valence-electron chi connectivity index (χ3n) is 4.75. The van der Waals surface area contributed by atoms with E-state index < -0.39 is 13.0 Å². The number of guanidine groups is 1. The van der Waals surface area contributed by atoms with E-state index in [1.54, 1.807) is 0 Å². The Morgan fingerprint density at radius 2 is 2.04 bits per heavy atom. The highest BCUT2D eigenvalue weighted by Crippen LogP contribution is 2.46. The first-order valence-electron chi connectivity index (χ1n) is 8.73. The summed E-state index contributed by atoms with van der Waals surface area (Å²) in [6, 6.07) is 7.99. The molecule has 0 bridgehead atoms. The van der Waals surface area contributed by atoms with Crippen molar-refractivity contribution >= 4 is 29.9 Å². The number of benzene rings is 1. The molecule has 1 saturated carbocycles. The Balaban J connectivity index is 0.00000225. The number of nitrogens with zero attached hydrogens (tertiary/aromatic N) is 1. The van der Waals surface area contributed by atoms with Crippen LogP contribution in [-0.4, -0.2) is 31.1 Å². The Hall–Kier alpha value is -1.12. The smallest absolute Gasteiger partial charge is 0.257 e. The lowest BCUT2D eigenvalue weighted by atomic mass is 9.86. The van der Waals surface area contributed by atoms with E-state index >= 15 is 0 Å². The molecule has 140 valence electrons. The van der Waals surface area contributed by atoms with Crippen molar-refractivity contribution in [3.63, 3.8) is 0 Å². The second-order valence-corrected chi connectivity index (χ2v) is 6.54. The third kappa shape index (κ3) is 4.95. The summed E-state index contributed by atoms with van der Waals surface area (Å²) in [5.41, 5.74) is 0.934. The molecule has 1 aliphatic carbocycles. The van der Waals surface area contributed by atoms with E-state index in [0.717, 1.165) is 30.6 Å².